The van der Waals surface area contributed by atoms with E-state index in [0.717, 1.165) is 12.8 Å². The van der Waals surface area contributed by atoms with E-state index < -0.39 is 5.97 Å². The van der Waals surface area contributed by atoms with E-state index in [1.54, 1.807) is 30.8 Å². The van der Waals surface area contributed by atoms with Crippen molar-refractivity contribution in [2.75, 3.05) is 18.1 Å². The normalized spacial score (nSPS) is 15.9. The first-order chi connectivity index (χ1) is 9.96. The molecule has 5 nitrogen and oxygen atoms in total. The number of hydrogen-bond acceptors (Lipinski definition) is 3. The van der Waals surface area contributed by atoms with E-state index in [9.17, 15) is 9.59 Å². The third kappa shape index (κ3) is 3.69. The Bertz CT molecular complexity index is 550. The molecule has 0 radical (unpaired) electrons. The predicted molar refractivity (Wildman–Crippen MR) is 85.3 cm³/mol. The van der Waals surface area contributed by atoms with Gasteiger partial charge in [0.15, 0.2) is 0 Å². The van der Waals surface area contributed by atoms with E-state index in [-0.39, 0.29) is 16.3 Å². The largest absolute Gasteiger partial charge is 0.478 e. The molecule has 1 saturated carbocycles. The molecule has 0 atom stereocenters. The Morgan fingerprint density at radius 1 is 1.38 bits per heavy atom. The number of carbonyl (C=O) groups excluding carboxylic acids is 1. The molecule has 6 heteroatoms. The summed E-state index contributed by atoms with van der Waals surface area (Å²) >= 11 is 1.80. The second-order valence-corrected chi connectivity index (χ2v) is 6.66. The fourth-order valence-electron chi connectivity index (χ4n) is 2.37. The van der Waals surface area contributed by atoms with Crippen molar-refractivity contribution in [1.82, 2.24) is 5.32 Å². The number of nitrogens with one attached hydrogen (secondary N) is 2. The number of thioether (sulfide) groups is 1. The van der Waals surface area contributed by atoms with Gasteiger partial charge < -0.3 is 15.7 Å². The van der Waals surface area contributed by atoms with Crippen molar-refractivity contribution in [2.45, 2.75) is 30.9 Å². The maximum absolute atomic E-state index is 11.9. The van der Waals surface area contributed by atoms with E-state index in [4.69, 9.17) is 5.11 Å². The summed E-state index contributed by atoms with van der Waals surface area (Å²) in [5.74, 6) is -0.993. The smallest absolute Gasteiger partial charge is 0.336 e. The number of benzene rings is 1. The molecule has 1 aromatic carbocycles. The average molecular weight is 308 g/mol. The minimum absolute atomic E-state index is 0.177. The van der Waals surface area contributed by atoms with Crippen molar-refractivity contribution in [1.29, 1.82) is 0 Å². The molecule has 0 bridgehead atoms. The number of anilines is 1. The van der Waals surface area contributed by atoms with Crippen molar-refractivity contribution < 1.29 is 14.7 Å². The van der Waals surface area contributed by atoms with E-state index in [1.807, 2.05) is 0 Å². The first-order valence-corrected chi connectivity index (χ1v) is 8.12. The summed E-state index contributed by atoms with van der Waals surface area (Å²) in [4.78, 5) is 23.0. The first-order valence-electron chi connectivity index (χ1n) is 6.90. The number of aromatic carboxylic acids is 1. The monoisotopic (exact) mass is 308 g/mol. The van der Waals surface area contributed by atoms with Crippen molar-refractivity contribution in [2.24, 2.45) is 0 Å². The number of amides is 2. The molecule has 114 valence electrons. The third-order valence-corrected chi connectivity index (χ3v) is 5.41. The Hall–Kier alpha value is -1.69. The van der Waals surface area contributed by atoms with Crippen molar-refractivity contribution >= 4 is 29.4 Å². The third-order valence-electron chi connectivity index (χ3n) is 3.99. The predicted octanol–water partition coefficient (Wildman–Crippen LogP) is 3.10. The Morgan fingerprint density at radius 2 is 2.10 bits per heavy atom. The minimum atomic E-state index is -0.993. The van der Waals surface area contributed by atoms with E-state index in [1.165, 1.54) is 12.5 Å². The molecule has 0 heterocycles. The molecule has 0 aromatic heterocycles. The van der Waals surface area contributed by atoms with Crippen LogP contribution in [0.1, 0.15) is 35.2 Å². The average Bonchev–Trinajstić information content (AvgIpc) is 2.40. The fraction of sp³-hybridized carbons (Fsp3) is 0.467. The summed E-state index contributed by atoms with van der Waals surface area (Å²) < 4.78 is 0.177. The lowest BCUT2D eigenvalue weighted by Gasteiger charge is -2.40. The number of carboxylic acid groups (broad SMARTS) is 1. The van der Waals surface area contributed by atoms with Gasteiger partial charge in [0.1, 0.15) is 0 Å². The zero-order chi connectivity index (χ0) is 15.5. The standard InChI is InChI=1S/C15H20N2O3S/c1-10-4-5-11(8-12(10)13(18)19)17-14(20)16-9-15(21-2)6-3-7-15/h4-5,8H,3,6-7,9H2,1-2H3,(H,18,19)(H2,16,17,20). The van der Waals surface area contributed by atoms with Gasteiger partial charge in [0.05, 0.1) is 5.56 Å². The van der Waals surface area contributed by atoms with E-state index in [2.05, 4.69) is 16.9 Å². The van der Waals surface area contributed by atoms with Crippen LogP contribution in [0.2, 0.25) is 0 Å². The number of carboxylic acids is 1. The molecule has 0 unspecified atom stereocenters. The van der Waals surface area contributed by atoms with Crippen LogP contribution in [0.3, 0.4) is 0 Å². The van der Waals surface area contributed by atoms with Crippen LogP contribution < -0.4 is 10.6 Å². The summed E-state index contributed by atoms with van der Waals surface area (Å²) in [5.41, 5.74) is 1.36. The quantitative estimate of drug-likeness (QED) is 0.781. The Morgan fingerprint density at radius 3 is 2.62 bits per heavy atom. The Kier molecular flexibility index (Phi) is 4.77. The maximum Gasteiger partial charge on any atom is 0.336 e. The molecule has 0 saturated heterocycles. The van der Waals surface area contributed by atoms with Crippen LogP contribution in [0.5, 0.6) is 0 Å². The molecule has 1 aliphatic carbocycles. The van der Waals surface area contributed by atoms with Gasteiger partial charge in [-0.15, -0.1) is 0 Å². The highest BCUT2D eigenvalue weighted by Crippen LogP contribution is 2.42. The number of hydrogen-bond donors (Lipinski definition) is 3. The van der Waals surface area contributed by atoms with Gasteiger partial charge in [0.25, 0.3) is 0 Å². The number of carbonyl (C=O) groups is 2. The van der Waals surface area contributed by atoms with Gasteiger partial charge in [-0.2, -0.15) is 11.8 Å². The molecule has 1 aliphatic rings. The molecule has 2 rings (SSSR count). The zero-order valence-electron chi connectivity index (χ0n) is 12.2. The molecule has 21 heavy (non-hydrogen) atoms. The van der Waals surface area contributed by atoms with Gasteiger partial charge in [-0.1, -0.05) is 12.5 Å². The van der Waals surface area contributed by atoms with Crippen molar-refractivity contribution in [3.63, 3.8) is 0 Å². The van der Waals surface area contributed by atoms with Gasteiger partial charge >= 0.3 is 12.0 Å². The number of urea groups is 1. The molecule has 3 N–H and O–H groups in total. The van der Waals surface area contributed by atoms with Crippen LogP contribution >= 0.6 is 11.8 Å². The summed E-state index contributed by atoms with van der Waals surface area (Å²) in [6, 6.07) is 4.57. The summed E-state index contributed by atoms with van der Waals surface area (Å²) in [6.07, 6.45) is 5.53. The van der Waals surface area contributed by atoms with Gasteiger partial charge in [-0.05, 0) is 43.7 Å². The van der Waals surface area contributed by atoms with Crippen LogP contribution in [0.4, 0.5) is 10.5 Å². The topological polar surface area (TPSA) is 78.4 Å². The van der Waals surface area contributed by atoms with Gasteiger partial charge in [-0.3, -0.25) is 0 Å². The summed E-state index contributed by atoms with van der Waals surface area (Å²) in [7, 11) is 0. The number of aryl methyl sites for hydroxylation is 1. The highest BCUT2D eigenvalue weighted by molar-refractivity contribution is 8.00. The van der Waals surface area contributed by atoms with Gasteiger partial charge in [0.2, 0.25) is 0 Å². The fourth-order valence-corrected chi connectivity index (χ4v) is 3.28. The van der Waals surface area contributed by atoms with Crippen LogP contribution in [-0.4, -0.2) is 34.7 Å². The minimum Gasteiger partial charge on any atom is -0.478 e. The van der Waals surface area contributed by atoms with Crippen molar-refractivity contribution in [3.8, 4) is 0 Å². The van der Waals surface area contributed by atoms with Crippen molar-refractivity contribution in [3.05, 3.63) is 29.3 Å². The molecule has 1 aromatic rings. The molecule has 2 amide bonds. The maximum atomic E-state index is 11.9. The Balaban J connectivity index is 1.93. The lowest BCUT2D eigenvalue weighted by Crippen LogP contribution is -2.46. The molecule has 1 fully saturated rings. The second-order valence-electron chi connectivity index (χ2n) is 5.38. The lowest BCUT2D eigenvalue weighted by atomic mass is 9.84. The van der Waals surface area contributed by atoms with E-state index >= 15 is 0 Å². The first kappa shape index (κ1) is 15.7. The van der Waals surface area contributed by atoms with Crippen LogP contribution in [0.25, 0.3) is 0 Å². The lowest BCUT2D eigenvalue weighted by molar-refractivity contribution is 0.0696. The highest BCUT2D eigenvalue weighted by atomic mass is 32.2. The summed E-state index contributed by atoms with van der Waals surface area (Å²) in [5, 5.41) is 14.6. The molecular weight excluding hydrogens is 288 g/mol. The van der Waals surface area contributed by atoms with E-state index in [0.29, 0.717) is 17.8 Å². The zero-order valence-corrected chi connectivity index (χ0v) is 13.0. The highest BCUT2D eigenvalue weighted by Gasteiger charge is 2.36. The second kappa shape index (κ2) is 6.39. The summed E-state index contributed by atoms with van der Waals surface area (Å²) in [6.45, 7) is 2.36. The van der Waals surface area contributed by atoms with Gasteiger partial charge in [0, 0.05) is 17.0 Å². The molecular formula is C15H20N2O3S. The molecule has 0 aliphatic heterocycles. The van der Waals surface area contributed by atoms with Crippen LogP contribution in [0.15, 0.2) is 18.2 Å². The number of rotatable bonds is 5. The molecule has 0 spiro atoms. The van der Waals surface area contributed by atoms with Crippen LogP contribution in [0, 0.1) is 6.92 Å². The SMILES string of the molecule is CSC1(CNC(=O)Nc2ccc(C)c(C(=O)O)c2)CCC1. The Labute approximate surface area is 128 Å². The van der Waals surface area contributed by atoms with Crippen LogP contribution in [-0.2, 0) is 0 Å². The van der Waals surface area contributed by atoms with Gasteiger partial charge in [-0.25, -0.2) is 9.59 Å².